The monoisotopic (exact) mass is 344 g/mol. The summed E-state index contributed by atoms with van der Waals surface area (Å²) in [7, 11) is 5.39. The lowest BCUT2D eigenvalue weighted by molar-refractivity contribution is 0.144. The highest BCUT2D eigenvalue weighted by atomic mass is 35.5. The Labute approximate surface area is 145 Å². The van der Waals surface area contributed by atoms with E-state index in [0.717, 1.165) is 31.1 Å². The minimum absolute atomic E-state index is 0. The maximum atomic E-state index is 5.67. The van der Waals surface area contributed by atoms with Gasteiger partial charge in [0.1, 0.15) is 6.61 Å². The number of methoxy groups -OCH3 is 2. The molecule has 0 saturated carbocycles. The molecule has 0 amide bonds. The highest BCUT2D eigenvalue weighted by Crippen LogP contribution is 2.29. The van der Waals surface area contributed by atoms with Crippen LogP contribution in [0.5, 0.6) is 11.5 Å². The molecule has 1 aliphatic heterocycles. The molecule has 1 aromatic rings. The van der Waals surface area contributed by atoms with Gasteiger partial charge in [0.25, 0.3) is 0 Å². The van der Waals surface area contributed by atoms with Crippen molar-refractivity contribution in [1.82, 2.24) is 10.2 Å². The van der Waals surface area contributed by atoms with Crippen LogP contribution in [0.15, 0.2) is 18.2 Å². The summed E-state index contributed by atoms with van der Waals surface area (Å²) in [6, 6.07) is 6.79. The van der Waals surface area contributed by atoms with E-state index in [4.69, 9.17) is 14.2 Å². The Kier molecular flexibility index (Phi) is 9.33. The van der Waals surface area contributed by atoms with E-state index in [0.29, 0.717) is 19.3 Å². The van der Waals surface area contributed by atoms with Crippen LogP contribution in [0.25, 0.3) is 0 Å². The molecule has 5 nitrogen and oxygen atoms in total. The maximum Gasteiger partial charge on any atom is 0.161 e. The van der Waals surface area contributed by atoms with Crippen molar-refractivity contribution in [2.45, 2.75) is 25.4 Å². The van der Waals surface area contributed by atoms with Crippen LogP contribution in [0.1, 0.15) is 18.4 Å². The summed E-state index contributed by atoms with van der Waals surface area (Å²) in [6.07, 6.45) is 2.52. The number of nitrogens with zero attached hydrogens (tertiary/aromatic N) is 1. The van der Waals surface area contributed by atoms with Crippen molar-refractivity contribution in [3.63, 3.8) is 0 Å². The predicted octanol–water partition coefficient (Wildman–Crippen LogP) is 2.33. The Morgan fingerprint density at radius 3 is 2.74 bits per heavy atom. The van der Waals surface area contributed by atoms with Gasteiger partial charge in [-0.3, -0.25) is 4.90 Å². The third-order valence-corrected chi connectivity index (χ3v) is 4.09. The zero-order chi connectivity index (χ0) is 15.8. The van der Waals surface area contributed by atoms with Gasteiger partial charge in [-0.15, -0.1) is 12.4 Å². The SMILES string of the molecule is CNC1CCCN(Cc2ccc(OCCOC)c(OC)c2)C1.Cl. The molecule has 1 heterocycles. The first-order chi connectivity index (χ1) is 10.8. The second-order valence-corrected chi connectivity index (χ2v) is 5.69. The zero-order valence-corrected chi connectivity index (χ0v) is 15.2. The van der Waals surface area contributed by atoms with Gasteiger partial charge in [0.15, 0.2) is 11.5 Å². The molecule has 0 spiro atoms. The topological polar surface area (TPSA) is 43.0 Å². The number of halogens is 1. The van der Waals surface area contributed by atoms with Gasteiger partial charge in [-0.25, -0.2) is 0 Å². The number of nitrogens with one attached hydrogen (secondary N) is 1. The van der Waals surface area contributed by atoms with Gasteiger partial charge in [-0.05, 0) is 44.1 Å². The van der Waals surface area contributed by atoms with E-state index in [2.05, 4.69) is 22.3 Å². The first-order valence-corrected chi connectivity index (χ1v) is 7.95. The summed E-state index contributed by atoms with van der Waals surface area (Å²) < 4.78 is 16.1. The summed E-state index contributed by atoms with van der Waals surface area (Å²) in [5.74, 6) is 1.56. The van der Waals surface area contributed by atoms with Crippen LogP contribution in [0, 0.1) is 0 Å². The molecule has 1 aromatic carbocycles. The number of hydrogen-bond acceptors (Lipinski definition) is 5. The number of benzene rings is 1. The van der Waals surface area contributed by atoms with Crippen LogP contribution in [-0.4, -0.2) is 58.5 Å². The lowest BCUT2D eigenvalue weighted by Gasteiger charge is -2.32. The highest BCUT2D eigenvalue weighted by Gasteiger charge is 2.18. The molecule has 1 aliphatic rings. The minimum atomic E-state index is 0. The summed E-state index contributed by atoms with van der Waals surface area (Å²) >= 11 is 0. The maximum absolute atomic E-state index is 5.67. The predicted molar refractivity (Wildman–Crippen MR) is 95.0 cm³/mol. The van der Waals surface area contributed by atoms with Crippen LogP contribution in [-0.2, 0) is 11.3 Å². The average Bonchev–Trinajstić information content (AvgIpc) is 2.56. The third-order valence-electron chi connectivity index (χ3n) is 4.09. The Bertz CT molecular complexity index is 459. The molecule has 0 aromatic heterocycles. The van der Waals surface area contributed by atoms with Gasteiger partial charge in [-0.2, -0.15) is 0 Å². The van der Waals surface area contributed by atoms with E-state index in [1.165, 1.54) is 18.4 Å². The fraction of sp³-hybridized carbons (Fsp3) is 0.647. The van der Waals surface area contributed by atoms with Gasteiger partial charge in [0.05, 0.1) is 13.7 Å². The smallest absolute Gasteiger partial charge is 0.161 e. The van der Waals surface area contributed by atoms with E-state index in [1.54, 1.807) is 14.2 Å². The molecule has 132 valence electrons. The van der Waals surface area contributed by atoms with Crippen LogP contribution >= 0.6 is 12.4 Å². The van der Waals surface area contributed by atoms with Crippen molar-refractivity contribution in [1.29, 1.82) is 0 Å². The summed E-state index contributed by atoms with van der Waals surface area (Å²) in [5.41, 5.74) is 1.26. The minimum Gasteiger partial charge on any atom is -0.493 e. The number of ether oxygens (including phenoxy) is 3. The van der Waals surface area contributed by atoms with Gasteiger partial charge in [-0.1, -0.05) is 6.07 Å². The number of likely N-dealkylation sites (N-methyl/N-ethyl adjacent to an activating group) is 1. The van der Waals surface area contributed by atoms with E-state index < -0.39 is 0 Å². The summed E-state index contributed by atoms with van der Waals surface area (Å²) in [4.78, 5) is 2.49. The second-order valence-electron chi connectivity index (χ2n) is 5.69. The Morgan fingerprint density at radius 1 is 1.22 bits per heavy atom. The molecule has 6 heteroatoms. The number of rotatable bonds is 8. The lowest BCUT2D eigenvalue weighted by Crippen LogP contribution is -2.43. The fourth-order valence-electron chi connectivity index (χ4n) is 2.86. The van der Waals surface area contributed by atoms with Crippen molar-refractivity contribution in [3.05, 3.63) is 23.8 Å². The van der Waals surface area contributed by atoms with Crippen molar-refractivity contribution in [2.24, 2.45) is 0 Å². The van der Waals surface area contributed by atoms with Crippen LogP contribution in [0.3, 0.4) is 0 Å². The molecule has 1 unspecified atom stereocenters. The number of piperidine rings is 1. The molecule has 1 fully saturated rings. The molecule has 1 atom stereocenters. The molecule has 2 rings (SSSR count). The largest absolute Gasteiger partial charge is 0.493 e. The van der Waals surface area contributed by atoms with E-state index >= 15 is 0 Å². The first kappa shape index (κ1) is 20.0. The third kappa shape index (κ3) is 6.18. The first-order valence-electron chi connectivity index (χ1n) is 7.95. The highest BCUT2D eigenvalue weighted by molar-refractivity contribution is 5.85. The van der Waals surface area contributed by atoms with Crippen LogP contribution in [0.4, 0.5) is 0 Å². The molecule has 23 heavy (non-hydrogen) atoms. The van der Waals surface area contributed by atoms with Gasteiger partial charge >= 0.3 is 0 Å². The summed E-state index contributed by atoms with van der Waals surface area (Å²) in [6.45, 7) is 4.32. The molecule has 0 bridgehead atoms. The van der Waals surface area contributed by atoms with Crippen molar-refractivity contribution < 1.29 is 14.2 Å². The zero-order valence-electron chi connectivity index (χ0n) is 14.3. The quantitative estimate of drug-likeness (QED) is 0.733. The van der Waals surface area contributed by atoms with Crippen molar-refractivity contribution >= 4 is 12.4 Å². The Morgan fingerprint density at radius 2 is 2.04 bits per heavy atom. The van der Waals surface area contributed by atoms with Gasteiger partial charge < -0.3 is 19.5 Å². The Balaban J connectivity index is 0.00000264. The molecular formula is C17H29ClN2O3. The van der Waals surface area contributed by atoms with E-state index in [-0.39, 0.29) is 12.4 Å². The van der Waals surface area contributed by atoms with Crippen LogP contribution in [0.2, 0.25) is 0 Å². The molecule has 1 saturated heterocycles. The molecule has 0 aliphatic carbocycles. The summed E-state index contributed by atoms with van der Waals surface area (Å²) in [5, 5.41) is 3.38. The molecule has 1 N–H and O–H groups in total. The lowest BCUT2D eigenvalue weighted by atomic mass is 10.0. The van der Waals surface area contributed by atoms with Crippen LogP contribution < -0.4 is 14.8 Å². The standard InChI is InChI=1S/C17H28N2O3.ClH/c1-18-15-5-4-8-19(13-15)12-14-6-7-16(17(11-14)21-3)22-10-9-20-2;/h6-7,11,15,18H,4-5,8-10,12-13H2,1-3H3;1H. The average molecular weight is 345 g/mol. The van der Waals surface area contributed by atoms with Crippen molar-refractivity contribution in [2.75, 3.05) is 47.6 Å². The normalized spacial score (nSPS) is 18.3. The number of likely N-dealkylation sites (tertiary alicyclic amines) is 1. The molecule has 0 radical (unpaired) electrons. The van der Waals surface area contributed by atoms with Crippen molar-refractivity contribution in [3.8, 4) is 11.5 Å². The van der Waals surface area contributed by atoms with Gasteiger partial charge in [0, 0.05) is 26.2 Å². The second kappa shape index (κ2) is 10.7. The van der Waals surface area contributed by atoms with E-state index in [9.17, 15) is 0 Å². The fourth-order valence-corrected chi connectivity index (χ4v) is 2.86. The number of hydrogen-bond donors (Lipinski definition) is 1. The van der Waals surface area contributed by atoms with Gasteiger partial charge in [0.2, 0.25) is 0 Å². The molecular weight excluding hydrogens is 316 g/mol. The Hall–Kier alpha value is -1.01. The van der Waals surface area contributed by atoms with E-state index in [1.807, 2.05) is 13.1 Å².